The van der Waals surface area contributed by atoms with E-state index in [0.717, 1.165) is 55.1 Å². The number of fused-ring (bicyclic) bond motifs is 19. The minimum absolute atomic E-state index is 0.635. The normalized spacial score (nSPS) is 12.4. The molecule has 0 fully saturated rings. The summed E-state index contributed by atoms with van der Waals surface area (Å²) in [6.45, 7) is 0. The van der Waals surface area contributed by atoms with Crippen molar-refractivity contribution in [3.63, 3.8) is 0 Å². The first-order valence-corrected chi connectivity index (χ1v) is 19.4. The van der Waals surface area contributed by atoms with Gasteiger partial charge in [-0.15, -0.1) is 11.3 Å². The van der Waals surface area contributed by atoms with Gasteiger partial charge in [0.25, 0.3) is 0 Å². The van der Waals surface area contributed by atoms with Gasteiger partial charge in [-0.25, -0.2) is 9.97 Å². The van der Waals surface area contributed by atoms with E-state index in [2.05, 4.69) is 156 Å². The molecule has 0 atom stereocenters. The van der Waals surface area contributed by atoms with Crippen LogP contribution in [0.1, 0.15) is 0 Å². The van der Waals surface area contributed by atoms with Crippen LogP contribution in [-0.2, 0) is 0 Å². The molecule has 0 saturated carbocycles. The van der Waals surface area contributed by atoms with Crippen LogP contribution in [0.5, 0.6) is 0 Å². The fraction of sp³-hybridized carbons (Fsp3) is 0. The molecule has 0 aliphatic heterocycles. The highest BCUT2D eigenvalue weighted by Crippen LogP contribution is 2.51. The van der Waals surface area contributed by atoms with Crippen molar-refractivity contribution in [2.45, 2.75) is 0 Å². The molecule has 254 valence electrons. The van der Waals surface area contributed by atoms with Crippen molar-refractivity contribution in [2.24, 2.45) is 0 Å². The van der Waals surface area contributed by atoms with Gasteiger partial charge in [0, 0.05) is 58.7 Å². The molecule has 0 amide bonds. The molecule has 9 aromatic carbocycles. The molecule has 4 aromatic heterocycles. The second-order valence-electron chi connectivity index (χ2n) is 14.4. The monoisotopic (exact) mass is 717 g/mol. The van der Waals surface area contributed by atoms with Gasteiger partial charge in [-0.3, -0.25) is 4.57 Å². The molecule has 0 bridgehead atoms. The Morgan fingerprint density at radius 1 is 0.436 bits per heavy atom. The Morgan fingerprint density at radius 3 is 1.84 bits per heavy atom. The first-order valence-electron chi connectivity index (χ1n) is 18.6. The van der Waals surface area contributed by atoms with E-state index in [0.29, 0.717) is 5.95 Å². The number of hydrogen-bond acceptors (Lipinski definition) is 4. The van der Waals surface area contributed by atoms with E-state index < -0.39 is 0 Å². The van der Waals surface area contributed by atoms with Crippen LogP contribution in [-0.4, -0.2) is 14.5 Å². The largest absolute Gasteiger partial charge is 0.455 e. The Kier molecular flexibility index (Phi) is 5.74. The lowest BCUT2D eigenvalue weighted by molar-refractivity contribution is 0.670. The summed E-state index contributed by atoms with van der Waals surface area (Å²) in [5.41, 5.74) is 6.58. The van der Waals surface area contributed by atoms with Gasteiger partial charge in [-0.05, 0) is 51.9 Å². The Labute approximate surface area is 317 Å². The van der Waals surface area contributed by atoms with Crippen LogP contribution in [0, 0.1) is 0 Å². The molecule has 0 aliphatic carbocycles. The second kappa shape index (κ2) is 10.8. The fourth-order valence-electron chi connectivity index (χ4n) is 9.34. The number of nitrogens with zero attached hydrogens (tertiary/aromatic N) is 3. The summed E-state index contributed by atoms with van der Waals surface area (Å²) < 4.78 is 11.4. The molecule has 13 aromatic rings. The first-order chi connectivity index (χ1) is 27.3. The van der Waals surface area contributed by atoms with Gasteiger partial charge in [0.05, 0.1) is 26.9 Å². The highest BCUT2D eigenvalue weighted by Gasteiger charge is 2.26. The SMILES string of the molecule is c1ccc2c(-c3cccc4c3oc3ccccc34)nc(-n3c4ccccc4c4c5c6ccccc6c6ccccc6c5c5c6ccccc6sc5c43)nc2c1. The minimum Gasteiger partial charge on any atom is -0.455 e. The average molecular weight is 718 g/mol. The van der Waals surface area contributed by atoms with Gasteiger partial charge in [-0.2, -0.15) is 0 Å². The highest BCUT2D eigenvalue weighted by molar-refractivity contribution is 7.27. The Hall–Kier alpha value is -7.08. The molecule has 55 heavy (non-hydrogen) atoms. The summed E-state index contributed by atoms with van der Waals surface area (Å²) in [6, 6.07) is 58.4. The van der Waals surface area contributed by atoms with Crippen molar-refractivity contribution in [1.82, 2.24) is 14.5 Å². The lowest BCUT2D eigenvalue weighted by atomic mass is 9.89. The topological polar surface area (TPSA) is 43.9 Å². The molecular formula is C50H27N3OS. The predicted molar refractivity (Wildman–Crippen MR) is 232 cm³/mol. The number of furan rings is 1. The number of para-hydroxylation sites is 4. The third kappa shape index (κ3) is 3.84. The van der Waals surface area contributed by atoms with Gasteiger partial charge in [-0.1, -0.05) is 133 Å². The van der Waals surface area contributed by atoms with E-state index >= 15 is 0 Å². The van der Waals surface area contributed by atoms with Crippen molar-refractivity contribution in [3.05, 3.63) is 164 Å². The molecule has 5 heteroatoms. The fourth-order valence-corrected chi connectivity index (χ4v) is 10.6. The number of benzene rings is 9. The maximum Gasteiger partial charge on any atom is 0.235 e. The maximum atomic E-state index is 6.61. The van der Waals surface area contributed by atoms with E-state index in [1.807, 2.05) is 23.5 Å². The summed E-state index contributed by atoms with van der Waals surface area (Å²) in [7, 11) is 0. The van der Waals surface area contributed by atoms with Gasteiger partial charge in [0.15, 0.2) is 0 Å². The molecular weight excluding hydrogens is 691 g/mol. The zero-order valence-corrected chi connectivity index (χ0v) is 30.1. The molecule has 0 spiro atoms. The van der Waals surface area contributed by atoms with Gasteiger partial charge in [0.1, 0.15) is 11.2 Å². The number of thiophene rings is 1. The predicted octanol–water partition coefficient (Wildman–Crippen LogP) is 14.1. The van der Waals surface area contributed by atoms with Crippen molar-refractivity contribution in [3.8, 4) is 17.2 Å². The van der Waals surface area contributed by atoms with E-state index in [9.17, 15) is 0 Å². The summed E-state index contributed by atoms with van der Waals surface area (Å²) in [6.07, 6.45) is 0. The summed E-state index contributed by atoms with van der Waals surface area (Å²) in [5, 5.41) is 15.7. The van der Waals surface area contributed by atoms with E-state index in [-0.39, 0.29) is 0 Å². The molecule has 4 heterocycles. The van der Waals surface area contributed by atoms with Crippen molar-refractivity contribution in [1.29, 1.82) is 0 Å². The number of hydrogen-bond donors (Lipinski definition) is 0. The van der Waals surface area contributed by atoms with Crippen molar-refractivity contribution >= 4 is 118 Å². The maximum absolute atomic E-state index is 6.61. The van der Waals surface area contributed by atoms with E-state index in [1.165, 1.54) is 63.3 Å². The van der Waals surface area contributed by atoms with Crippen LogP contribution in [0.2, 0.25) is 0 Å². The summed E-state index contributed by atoms with van der Waals surface area (Å²) in [4.78, 5) is 11.0. The standard InChI is InChI=1S/C50H27N3OS/c1-3-17-31-28(14-1)29-15-2-4-18-32(29)43-42(31)44-35-20-6-10-25-39(35)53(47(44)49-45(43)36-21-8-12-27-41(36)55-49)50-51-38-24-9-5-19-34(38)46(52-50)37-23-13-22-33-30-16-7-11-26-40(30)54-48(33)37/h1-27H. The van der Waals surface area contributed by atoms with E-state index in [1.54, 1.807) is 0 Å². The van der Waals surface area contributed by atoms with Crippen LogP contribution in [0.4, 0.5) is 0 Å². The molecule has 0 aliphatic rings. The number of aromatic nitrogens is 3. The Morgan fingerprint density at radius 2 is 1.04 bits per heavy atom. The highest BCUT2D eigenvalue weighted by atomic mass is 32.1. The van der Waals surface area contributed by atoms with Crippen molar-refractivity contribution < 1.29 is 4.42 Å². The second-order valence-corrected chi connectivity index (χ2v) is 15.4. The van der Waals surface area contributed by atoms with Crippen LogP contribution in [0.25, 0.3) is 124 Å². The molecule has 0 N–H and O–H groups in total. The summed E-state index contributed by atoms with van der Waals surface area (Å²) in [5.74, 6) is 0.635. The average Bonchev–Trinajstić information content (AvgIpc) is 3.93. The Bertz CT molecular complexity index is 3790. The molecule has 0 radical (unpaired) electrons. The lowest BCUT2D eigenvalue weighted by Gasteiger charge is -2.15. The third-order valence-electron chi connectivity index (χ3n) is 11.6. The van der Waals surface area contributed by atoms with Gasteiger partial charge in [0.2, 0.25) is 5.95 Å². The molecule has 4 nitrogen and oxygen atoms in total. The van der Waals surface area contributed by atoms with Crippen LogP contribution in [0.3, 0.4) is 0 Å². The lowest BCUT2D eigenvalue weighted by Crippen LogP contribution is -2.03. The van der Waals surface area contributed by atoms with Gasteiger partial charge < -0.3 is 4.42 Å². The zero-order chi connectivity index (χ0) is 35.8. The Balaban J connectivity index is 1.27. The molecule has 0 saturated heterocycles. The quantitative estimate of drug-likeness (QED) is 0.167. The summed E-state index contributed by atoms with van der Waals surface area (Å²) >= 11 is 1.86. The zero-order valence-electron chi connectivity index (χ0n) is 29.2. The smallest absolute Gasteiger partial charge is 0.235 e. The van der Waals surface area contributed by atoms with Crippen LogP contribution in [0.15, 0.2) is 168 Å². The van der Waals surface area contributed by atoms with Gasteiger partial charge >= 0.3 is 0 Å². The molecule has 13 rings (SSSR count). The minimum atomic E-state index is 0.635. The van der Waals surface area contributed by atoms with Crippen LogP contribution >= 0.6 is 11.3 Å². The molecule has 0 unspecified atom stereocenters. The van der Waals surface area contributed by atoms with E-state index in [4.69, 9.17) is 14.4 Å². The number of rotatable bonds is 2. The first kappa shape index (κ1) is 29.4. The van der Waals surface area contributed by atoms with Crippen LogP contribution < -0.4 is 0 Å². The third-order valence-corrected chi connectivity index (χ3v) is 12.7. The van der Waals surface area contributed by atoms with Crippen molar-refractivity contribution in [2.75, 3.05) is 0 Å².